The van der Waals surface area contributed by atoms with E-state index in [0.717, 1.165) is 40.3 Å². The lowest BCUT2D eigenvalue weighted by atomic mass is 9.96. The lowest BCUT2D eigenvalue weighted by Gasteiger charge is -2.20. The first-order valence-corrected chi connectivity index (χ1v) is 11.6. The third kappa shape index (κ3) is 4.39. The zero-order valence-corrected chi connectivity index (χ0v) is 17.9. The van der Waals surface area contributed by atoms with Gasteiger partial charge in [0.15, 0.2) is 5.17 Å². The van der Waals surface area contributed by atoms with E-state index in [1.165, 1.54) is 31.0 Å². The molecule has 1 N–H and O–H groups in total. The topological polar surface area (TPSA) is 54.4 Å². The summed E-state index contributed by atoms with van der Waals surface area (Å²) in [5, 5.41) is 6.60. The monoisotopic (exact) mass is 455 g/mol. The van der Waals surface area contributed by atoms with Gasteiger partial charge in [0.25, 0.3) is 0 Å². The molecule has 1 aliphatic carbocycles. The zero-order chi connectivity index (χ0) is 19.3. The maximum absolute atomic E-state index is 12.2. The Labute approximate surface area is 177 Å². The van der Waals surface area contributed by atoms with Crippen LogP contribution in [0.3, 0.4) is 0 Å². The number of rotatable bonds is 3. The van der Waals surface area contributed by atoms with Gasteiger partial charge in [-0.05, 0) is 36.7 Å². The molecule has 3 aromatic rings. The van der Waals surface area contributed by atoms with Crippen LogP contribution in [-0.4, -0.2) is 26.6 Å². The molecule has 1 fully saturated rings. The number of pyridine rings is 1. The maximum Gasteiger partial charge on any atom is 0.207 e. The summed E-state index contributed by atoms with van der Waals surface area (Å²) < 4.78 is 0. The minimum absolute atomic E-state index is 0.0460. The molecule has 1 heterocycles. The molecular weight excluding hydrogens is 434 g/mol. The van der Waals surface area contributed by atoms with Crippen LogP contribution in [0.4, 0.5) is 5.69 Å². The van der Waals surface area contributed by atoms with E-state index in [2.05, 4.69) is 33.4 Å². The Morgan fingerprint density at radius 1 is 1.04 bits per heavy atom. The highest BCUT2D eigenvalue weighted by Crippen LogP contribution is 2.32. The number of aliphatic imine (C=N–C) groups is 1. The van der Waals surface area contributed by atoms with Gasteiger partial charge < -0.3 is 5.32 Å². The molecule has 0 saturated heterocycles. The zero-order valence-electron chi connectivity index (χ0n) is 15.5. The average Bonchev–Trinajstić information content (AvgIpc) is 2.74. The molecule has 0 aliphatic heterocycles. The van der Waals surface area contributed by atoms with Gasteiger partial charge in [-0.1, -0.05) is 71.6 Å². The fourth-order valence-electron chi connectivity index (χ4n) is 3.68. The number of hydrogen-bond donors (Lipinski definition) is 1. The molecule has 2 aromatic carbocycles. The SMILES string of the molecule is O=C(CBr)SC(=NC1CCCCC1)Nc1c2ccccc2nc2ccccc12. The van der Waals surface area contributed by atoms with Crippen LogP contribution in [0.25, 0.3) is 21.8 Å². The van der Waals surface area contributed by atoms with Crippen LogP contribution in [-0.2, 0) is 4.79 Å². The molecule has 144 valence electrons. The van der Waals surface area contributed by atoms with E-state index in [1.807, 2.05) is 36.4 Å². The number of carbonyl (C=O) groups is 1. The Bertz CT molecular complexity index is 977. The van der Waals surface area contributed by atoms with Crippen LogP contribution in [0, 0.1) is 0 Å². The van der Waals surface area contributed by atoms with Gasteiger partial charge in [0.05, 0.1) is 28.1 Å². The number of amidine groups is 1. The quantitative estimate of drug-likeness (QED) is 0.223. The van der Waals surface area contributed by atoms with Crippen molar-refractivity contribution in [1.29, 1.82) is 0 Å². The molecular formula is C22H22BrN3OS. The first-order chi connectivity index (χ1) is 13.7. The molecule has 1 aromatic heterocycles. The van der Waals surface area contributed by atoms with Gasteiger partial charge in [0.1, 0.15) is 0 Å². The maximum atomic E-state index is 12.2. The molecule has 1 saturated carbocycles. The standard InChI is InChI=1S/C22H22BrN3OS/c23-14-20(27)28-22(24-15-8-2-1-3-9-15)26-21-16-10-4-6-12-18(16)25-19-13-7-5-11-17(19)21/h4-7,10-13,15H,1-3,8-9,14H2,(H,24,25,26). The van der Waals surface area contributed by atoms with Crippen molar-refractivity contribution in [3.8, 4) is 0 Å². The Kier molecular flexibility index (Phi) is 6.27. The number of fused-ring (bicyclic) bond motifs is 2. The minimum Gasteiger partial charge on any atom is -0.333 e. The normalized spacial score (nSPS) is 15.8. The number of alkyl halides is 1. The summed E-state index contributed by atoms with van der Waals surface area (Å²) in [4.78, 5) is 21.9. The van der Waals surface area contributed by atoms with Crippen molar-refractivity contribution in [2.24, 2.45) is 4.99 Å². The van der Waals surface area contributed by atoms with Crippen molar-refractivity contribution in [3.05, 3.63) is 48.5 Å². The fourth-order valence-corrected chi connectivity index (χ4v) is 4.65. The van der Waals surface area contributed by atoms with Gasteiger partial charge in [-0.3, -0.25) is 9.79 Å². The molecule has 28 heavy (non-hydrogen) atoms. The first kappa shape index (κ1) is 19.4. The Hall–Kier alpha value is -1.92. The van der Waals surface area contributed by atoms with Gasteiger partial charge in [-0.15, -0.1) is 0 Å². The summed E-state index contributed by atoms with van der Waals surface area (Å²) in [5.74, 6) is 0. The number of nitrogens with zero attached hydrogens (tertiary/aromatic N) is 2. The Morgan fingerprint density at radius 3 is 2.25 bits per heavy atom. The number of benzene rings is 2. The Balaban J connectivity index is 1.79. The van der Waals surface area contributed by atoms with E-state index in [9.17, 15) is 4.79 Å². The molecule has 6 heteroatoms. The number of nitrogens with one attached hydrogen (secondary N) is 1. The predicted molar refractivity (Wildman–Crippen MR) is 124 cm³/mol. The number of para-hydroxylation sites is 2. The van der Waals surface area contributed by atoms with E-state index in [1.54, 1.807) is 0 Å². The second-order valence-corrected chi connectivity index (χ2v) is 8.59. The summed E-state index contributed by atoms with van der Waals surface area (Å²) in [5.41, 5.74) is 2.82. The van der Waals surface area contributed by atoms with E-state index >= 15 is 0 Å². The predicted octanol–water partition coefficient (Wildman–Crippen LogP) is 6.14. The number of halogens is 1. The summed E-state index contributed by atoms with van der Waals surface area (Å²) in [6.45, 7) is 0. The molecule has 0 spiro atoms. The van der Waals surface area contributed by atoms with Crippen molar-refractivity contribution in [2.45, 2.75) is 38.1 Å². The summed E-state index contributed by atoms with van der Waals surface area (Å²) in [6.07, 6.45) is 5.87. The third-order valence-electron chi connectivity index (χ3n) is 5.01. The molecule has 1 aliphatic rings. The molecule has 4 nitrogen and oxygen atoms in total. The van der Waals surface area contributed by atoms with Gasteiger partial charge in [0.2, 0.25) is 5.12 Å². The second-order valence-electron chi connectivity index (χ2n) is 6.98. The second kappa shape index (κ2) is 9.05. The number of hydrogen-bond acceptors (Lipinski definition) is 4. The summed E-state index contributed by atoms with van der Waals surface area (Å²) in [6, 6.07) is 16.5. The third-order valence-corrected chi connectivity index (χ3v) is 6.67. The summed E-state index contributed by atoms with van der Waals surface area (Å²) >= 11 is 4.45. The van der Waals surface area contributed by atoms with Crippen molar-refractivity contribution in [1.82, 2.24) is 4.98 Å². The van der Waals surface area contributed by atoms with E-state index in [0.29, 0.717) is 10.5 Å². The highest BCUT2D eigenvalue weighted by Gasteiger charge is 2.17. The highest BCUT2D eigenvalue weighted by molar-refractivity contribution is 9.09. The van der Waals surface area contributed by atoms with Crippen LogP contribution in [0.2, 0.25) is 0 Å². The molecule has 0 radical (unpaired) electrons. The van der Waals surface area contributed by atoms with Crippen LogP contribution in [0.1, 0.15) is 32.1 Å². The molecule has 4 rings (SSSR count). The minimum atomic E-state index is 0.0460. The molecule has 0 unspecified atom stereocenters. The van der Waals surface area contributed by atoms with Gasteiger partial charge in [-0.25, -0.2) is 4.98 Å². The van der Waals surface area contributed by atoms with Crippen molar-refractivity contribution >= 4 is 65.5 Å². The van der Waals surface area contributed by atoms with Crippen LogP contribution in [0.5, 0.6) is 0 Å². The fraction of sp³-hybridized carbons (Fsp3) is 0.318. The van der Waals surface area contributed by atoms with E-state index in [4.69, 9.17) is 9.98 Å². The molecule has 0 atom stereocenters. The van der Waals surface area contributed by atoms with Crippen molar-refractivity contribution in [3.63, 3.8) is 0 Å². The average molecular weight is 456 g/mol. The van der Waals surface area contributed by atoms with Gasteiger partial charge in [-0.2, -0.15) is 0 Å². The van der Waals surface area contributed by atoms with E-state index in [-0.39, 0.29) is 11.2 Å². The number of carbonyl (C=O) groups excluding carboxylic acids is 1. The van der Waals surface area contributed by atoms with Crippen molar-refractivity contribution in [2.75, 3.05) is 10.6 Å². The first-order valence-electron chi connectivity index (χ1n) is 9.63. The van der Waals surface area contributed by atoms with Gasteiger partial charge in [0, 0.05) is 10.8 Å². The van der Waals surface area contributed by atoms with Crippen molar-refractivity contribution < 1.29 is 4.79 Å². The molecule has 0 bridgehead atoms. The molecule has 0 amide bonds. The number of thioether (sulfide) groups is 1. The van der Waals surface area contributed by atoms with E-state index < -0.39 is 0 Å². The smallest absolute Gasteiger partial charge is 0.207 e. The number of aromatic nitrogens is 1. The van der Waals surface area contributed by atoms with Gasteiger partial charge >= 0.3 is 0 Å². The summed E-state index contributed by atoms with van der Waals surface area (Å²) in [7, 11) is 0. The largest absolute Gasteiger partial charge is 0.333 e. The highest BCUT2D eigenvalue weighted by atomic mass is 79.9. The Morgan fingerprint density at radius 2 is 1.64 bits per heavy atom. The van der Waals surface area contributed by atoms with Crippen LogP contribution in [0.15, 0.2) is 53.5 Å². The lowest BCUT2D eigenvalue weighted by Crippen LogP contribution is -2.18. The number of anilines is 1. The lowest BCUT2D eigenvalue weighted by molar-refractivity contribution is -0.108. The van der Waals surface area contributed by atoms with Crippen LogP contribution >= 0.6 is 27.7 Å². The van der Waals surface area contributed by atoms with Crippen LogP contribution < -0.4 is 5.32 Å².